The van der Waals surface area contributed by atoms with Crippen LogP contribution in [-0.4, -0.2) is 17.2 Å². The number of nitrogens with two attached hydrogens (primary N) is 1. The highest BCUT2D eigenvalue weighted by atomic mass is 35.5. The van der Waals surface area contributed by atoms with Crippen LogP contribution in [0.2, 0.25) is 0 Å². The summed E-state index contributed by atoms with van der Waals surface area (Å²) in [6, 6.07) is 8.99. The number of hydrogen-bond acceptors (Lipinski definition) is 2. The fourth-order valence-electron chi connectivity index (χ4n) is 1.63. The molecule has 0 unspecified atom stereocenters. The monoisotopic (exact) mass is 270 g/mol. The molecule has 0 fully saturated rings. The number of hydrogen-bond donors (Lipinski definition) is 2. The first kappa shape index (κ1) is 16.6. The Bertz CT molecular complexity index is 405. The molecule has 18 heavy (non-hydrogen) atoms. The summed E-state index contributed by atoms with van der Waals surface area (Å²) in [4.78, 5) is 22.8. The van der Waals surface area contributed by atoms with E-state index in [1.54, 1.807) is 24.5 Å². The molecule has 1 rings (SSSR count). The summed E-state index contributed by atoms with van der Waals surface area (Å²) < 4.78 is 0. The summed E-state index contributed by atoms with van der Waals surface area (Å²) in [6.45, 7) is 5.38. The van der Waals surface area contributed by atoms with Crippen LogP contribution in [0, 0.1) is 0 Å². The summed E-state index contributed by atoms with van der Waals surface area (Å²) in [5.74, 6) is -0.0394. The van der Waals surface area contributed by atoms with Crippen molar-refractivity contribution in [2.75, 3.05) is 0 Å². The smallest absolute Gasteiger partial charge is 0.295 e. The zero-order valence-electron chi connectivity index (χ0n) is 10.9. The van der Waals surface area contributed by atoms with Crippen LogP contribution in [0.25, 0.3) is 0 Å². The standard InChI is InChI=1S/C13H18N2O2.ClH/c1-10(16)9-13(2,3)15-14-12(17)11-7-5-4-6-8-11;/h4-8,15H,9H2,1-3H3,(H,14,17);1H. The molecule has 0 atom stereocenters. The highest BCUT2D eigenvalue weighted by Crippen LogP contribution is 2.02. The Hall–Kier alpha value is -1.39. The third-order valence-electron chi connectivity index (χ3n) is 2.33. The van der Waals surface area contributed by atoms with E-state index in [1.165, 1.54) is 0 Å². The van der Waals surface area contributed by atoms with E-state index in [2.05, 4.69) is 5.43 Å². The second-order valence-electron chi connectivity index (χ2n) is 4.85. The number of quaternary nitrogens is 1. The summed E-state index contributed by atoms with van der Waals surface area (Å²) in [7, 11) is 0. The van der Waals surface area contributed by atoms with Gasteiger partial charge in [0.25, 0.3) is 5.91 Å². The van der Waals surface area contributed by atoms with Crippen LogP contribution in [0.3, 0.4) is 0 Å². The molecule has 0 saturated heterocycles. The van der Waals surface area contributed by atoms with Crippen molar-refractivity contribution in [2.45, 2.75) is 32.7 Å². The minimum absolute atomic E-state index is 0. The lowest BCUT2D eigenvalue weighted by atomic mass is 9.99. The van der Waals surface area contributed by atoms with Gasteiger partial charge in [-0.05, 0) is 32.9 Å². The maximum atomic E-state index is 11.7. The number of halogens is 1. The lowest BCUT2D eigenvalue weighted by Gasteiger charge is -2.20. The van der Waals surface area contributed by atoms with Crippen LogP contribution in [0.15, 0.2) is 30.3 Å². The van der Waals surface area contributed by atoms with E-state index < -0.39 is 0 Å². The average Bonchev–Trinajstić information content (AvgIpc) is 2.25. The molecule has 100 valence electrons. The third kappa shape index (κ3) is 5.80. The van der Waals surface area contributed by atoms with E-state index in [0.717, 1.165) is 0 Å². The molecule has 0 aliphatic carbocycles. The Labute approximate surface area is 114 Å². The molecule has 5 heteroatoms. The van der Waals surface area contributed by atoms with Crippen molar-refractivity contribution in [1.29, 1.82) is 0 Å². The molecular weight excluding hydrogens is 252 g/mol. The van der Waals surface area contributed by atoms with Crippen LogP contribution in [-0.2, 0) is 4.79 Å². The molecule has 0 aliphatic heterocycles. The second-order valence-corrected chi connectivity index (χ2v) is 4.85. The minimum atomic E-state index is -0.323. The van der Waals surface area contributed by atoms with Crippen molar-refractivity contribution in [3.63, 3.8) is 0 Å². The summed E-state index contributed by atoms with van der Waals surface area (Å²) >= 11 is 0. The fraction of sp³-hybridized carbons (Fsp3) is 0.385. The molecule has 0 saturated carbocycles. The second kappa shape index (κ2) is 7.13. The molecular formula is C13H19ClN2O2. The van der Waals surface area contributed by atoms with Gasteiger partial charge in [0.2, 0.25) is 0 Å². The molecule has 0 spiro atoms. The topological polar surface area (TPSA) is 62.8 Å². The Morgan fingerprint density at radius 2 is 1.78 bits per heavy atom. The third-order valence-corrected chi connectivity index (χ3v) is 2.33. The van der Waals surface area contributed by atoms with E-state index in [4.69, 9.17) is 0 Å². The number of nitrogens with one attached hydrogen (secondary N) is 1. The lowest BCUT2D eigenvalue weighted by Crippen LogP contribution is -3.03. The quantitative estimate of drug-likeness (QED) is 0.358. The molecule has 0 bridgehead atoms. The number of ketones is 1. The van der Waals surface area contributed by atoms with Crippen molar-refractivity contribution in [2.24, 2.45) is 0 Å². The number of carbonyl (C=O) groups excluding carboxylic acids is 2. The van der Waals surface area contributed by atoms with Gasteiger partial charge in [-0.3, -0.25) is 9.59 Å². The van der Waals surface area contributed by atoms with Crippen molar-refractivity contribution < 1.29 is 27.4 Å². The van der Waals surface area contributed by atoms with Gasteiger partial charge in [-0.2, -0.15) is 0 Å². The Morgan fingerprint density at radius 1 is 1.22 bits per heavy atom. The number of carbonyl (C=O) groups is 2. The Morgan fingerprint density at radius 3 is 2.28 bits per heavy atom. The number of benzene rings is 1. The fourth-order valence-corrected chi connectivity index (χ4v) is 1.63. The normalized spacial score (nSPS) is 10.4. The van der Waals surface area contributed by atoms with Crippen LogP contribution in [0.4, 0.5) is 0 Å². The number of amides is 1. The van der Waals surface area contributed by atoms with Crippen LogP contribution in [0.5, 0.6) is 0 Å². The highest BCUT2D eigenvalue weighted by molar-refractivity contribution is 5.93. The van der Waals surface area contributed by atoms with Gasteiger partial charge >= 0.3 is 0 Å². The van der Waals surface area contributed by atoms with Crippen LogP contribution in [0.1, 0.15) is 37.6 Å². The summed E-state index contributed by atoms with van der Waals surface area (Å²) in [5, 5.41) is 0. The van der Waals surface area contributed by atoms with Crippen molar-refractivity contribution >= 4 is 11.7 Å². The molecule has 4 nitrogen and oxygen atoms in total. The van der Waals surface area contributed by atoms with Gasteiger partial charge in [0.1, 0.15) is 11.3 Å². The Balaban J connectivity index is 0.00000289. The maximum Gasteiger partial charge on any atom is 0.295 e. The van der Waals surface area contributed by atoms with E-state index in [1.807, 2.05) is 32.0 Å². The largest absolute Gasteiger partial charge is 1.00 e. The first-order chi connectivity index (χ1) is 7.91. The van der Waals surface area contributed by atoms with Gasteiger partial charge in [0, 0.05) is 5.56 Å². The summed E-state index contributed by atoms with van der Waals surface area (Å²) in [5.41, 5.74) is 4.70. The van der Waals surface area contributed by atoms with Crippen molar-refractivity contribution in [3.8, 4) is 0 Å². The molecule has 0 aromatic heterocycles. The first-order valence-corrected chi connectivity index (χ1v) is 5.60. The number of nitrogen functional groups attached to an aromatic ring is 1. The molecule has 1 amide bonds. The highest BCUT2D eigenvalue weighted by Gasteiger charge is 2.24. The van der Waals surface area contributed by atoms with Crippen LogP contribution >= 0.6 is 0 Å². The zero-order chi connectivity index (χ0) is 12.9. The zero-order valence-corrected chi connectivity index (χ0v) is 11.6. The van der Waals surface area contributed by atoms with E-state index in [0.29, 0.717) is 12.0 Å². The number of Topliss-reactive ketones (excluding diaryl/α,β-unsaturated/α-hetero) is 1. The Kier molecular flexibility index (Phi) is 6.58. The van der Waals surface area contributed by atoms with E-state index >= 15 is 0 Å². The molecule has 0 heterocycles. The molecule has 3 N–H and O–H groups in total. The summed E-state index contributed by atoms with van der Waals surface area (Å²) in [6.07, 6.45) is 0.419. The van der Waals surface area contributed by atoms with Gasteiger partial charge in [0.15, 0.2) is 0 Å². The van der Waals surface area contributed by atoms with Crippen molar-refractivity contribution in [1.82, 2.24) is 5.43 Å². The minimum Gasteiger partial charge on any atom is -1.00 e. The van der Waals surface area contributed by atoms with E-state index in [-0.39, 0.29) is 29.6 Å². The predicted octanol–water partition coefficient (Wildman–Crippen LogP) is -2.34. The van der Waals surface area contributed by atoms with E-state index in [9.17, 15) is 9.59 Å². The van der Waals surface area contributed by atoms with Crippen LogP contribution < -0.4 is 23.3 Å². The SMILES string of the molecule is CC(=O)CC(C)(C)[NH2+]NC(=O)c1ccccc1.[Cl-]. The molecule has 1 aromatic rings. The molecule has 0 radical (unpaired) electrons. The number of rotatable bonds is 5. The van der Waals surface area contributed by atoms with Crippen molar-refractivity contribution in [3.05, 3.63) is 35.9 Å². The first-order valence-electron chi connectivity index (χ1n) is 5.60. The molecule has 0 aliphatic rings. The lowest BCUT2D eigenvalue weighted by molar-refractivity contribution is -0.758. The predicted molar refractivity (Wildman–Crippen MR) is 65.2 cm³/mol. The van der Waals surface area contributed by atoms with Gasteiger partial charge in [-0.25, -0.2) is 10.9 Å². The van der Waals surface area contributed by atoms with Gasteiger partial charge in [-0.1, -0.05) is 18.2 Å². The molecule has 1 aromatic carbocycles. The van der Waals surface area contributed by atoms with Gasteiger partial charge in [-0.15, -0.1) is 0 Å². The average molecular weight is 271 g/mol. The van der Waals surface area contributed by atoms with Gasteiger partial charge in [0.05, 0.1) is 6.42 Å². The van der Waals surface area contributed by atoms with Gasteiger partial charge < -0.3 is 12.4 Å². The maximum absolute atomic E-state index is 11.7.